The van der Waals surface area contributed by atoms with E-state index in [0.29, 0.717) is 11.1 Å². The highest BCUT2D eigenvalue weighted by Gasteiger charge is 2.13. The second kappa shape index (κ2) is 7.06. The molecule has 1 atom stereocenters. The molecule has 0 amide bonds. The zero-order valence-electron chi connectivity index (χ0n) is 11.4. The quantitative estimate of drug-likeness (QED) is 0.784. The maximum absolute atomic E-state index is 13.0. The Labute approximate surface area is 119 Å². The van der Waals surface area contributed by atoms with Crippen LogP contribution in [0.15, 0.2) is 29.8 Å². The molecule has 1 aromatic carbocycles. The van der Waals surface area contributed by atoms with Crippen molar-refractivity contribution in [2.24, 2.45) is 0 Å². The topological polar surface area (TPSA) is 12.0 Å². The van der Waals surface area contributed by atoms with Crippen LogP contribution in [0.4, 0.5) is 4.39 Å². The minimum atomic E-state index is -0.273. The third-order valence-electron chi connectivity index (χ3n) is 3.78. The Balaban J connectivity index is 2.00. The van der Waals surface area contributed by atoms with E-state index in [-0.39, 0.29) is 5.82 Å². The maximum Gasteiger partial charge on any atom is 0.124 e. The van der Waals surface area contributed by atoms with E-state index < -0.39 is 0 Å². The van der Waals surface area contributed by atoms with Crippen molar-refractivity contribution in [3.05, 3.63) is 46.3 Å². The second-order valence-electron chi connectivity index (χ2n) is 5.24. The van der Waals surface area contributed by atoms with Crippen LogP contribution >= 0.6 is 11.6 Å². The average molecular weight is 282 g/mol. The van der Waals surface area contributed by atoms with Crippen LogP contribution in [0.5, 0.6) is 0 Å². The number of benzene rings is 1. The van der Waals surface area contributed by atoms with Crippen molar-refractivity contribution in [2.45, 2.75) is 44.6 Å². The smallest absolute Gasteiger partial charge is 0.124 e. The fourth-order valence-corrected chi connectivity index (χ4v) is 2.88. The number of likely N-dealkylation sites (N-methyl/N-ethyl adjacent to an activating group) is 1. The first-order valence-corrected chi connectivity index (χ1v) is 7.36. The highest BCUT2D eigenvalue weighted by atomic mass is 35.5. The summed E-state index contributed by atoms with van der Waals surface area (Å²) in [5.41, 5.74) is 2.56. The van der Waals surface area contributed by atoms with Crippen molar-refractivity contribution < 1.29 is 4.39 Å². The molecule has 0 radical (unpaired) electrons. The van der Waals surface area contributed by atoms with Crippen LogP contribution in [-0.4, -0.2) is 13.1 Å². The Bertz CT molecular complexity index is 456. The third-order valence-corrected chi connectivity index (χ3v) is 4.14. The Morgan fingerprint density at radius 3 is 2.79 bits per heavy atom. The van der Waals surface area contributed by atoms with E-state index in [2.05, 4.69) is 11.4 Å². The van der Waals surface area contributed by atoms with E-state index in [4.69, 9.17) is 11.6 Å². The first kappa shape index (κ1) is 14.5. The summed E-state index contributed by atoms with van der Waals surface area (Å²) in [7, 11) is 1.98. The molecule has 0 spiro atoms. The summed E-state index contributed by atoms with van der Waals surface area (Å²) in [5.74, 6) is -0.273. The molecule has 3 heteroatoms. The Kier molecular flexibility index (Phi) is 5.41. The number of halogens is 2. The summed E-state index contributed by atoms with van der Waals surface area (Å²) in [4.78, 5) is 0. The second-order valence-corrected chi connectivity index (χ2v) is 5.64. The summed E-state index contributed by atoms with van der Waals surface area (Å²) in [6.45, 7) is 0. The molecule has 0 bridgehead atoms. The highest BCUT2D eigenvalue weighted by molar-refractivity contribution is 6.31. The SMILES string of the molecule is CNC(CC1=CCCCC1)Cc1ccc(F)cc1Cl. The molecule has 0 aliphatic heterocycles. The number of rotatable bonds is 5. The molecular formula is C16H21ClFN. The van der Waals surface area contributed by atoms with E-state index >= 15 is 0 Å². The van der Waals surface area contributed by atoms with E-state index in [1.54, 1.807) is 11.6 Å². The van der Waals surface area contributed by atoms with Gasteiger partial charge in [-0.15, -0.1) is 0 Å². The van der Waals surface area contributed by atoms with Crippen molar-refractivity contribution in [3.63, 3.8) is 0 Å². The molecule has 104 valence electrons. The lowest BCUT2D eigenvalue weighted by Crippen LogP contribution is -2.28. The largest absolute Gasteiger partial charge is 0.316 e. The van der Waals surface area contributed by atoms with Crippen molar-refractivity contribution >= 4 is 11.6 Å². The van der Waals surface area contributed by atoms with E-state index in [0.717, 1.165) is 18.4 Å². The summed E-state index contributed by atoms with van der Waals surface area (Å²) in [6, 6.07) is 5.03. The van der Waals surface area contributed by atoms with Crippen LogP contribution in [0.25, 0.3) is 0 Å². The molecule has 1 unspecified atom stereocenters. The molecule has 1 aliphatic rings. The molecule has 0 heterocycles. The van der Waals surface area contributed by atoms with Gasteiger partial charge in [-0.3, -0.25) is 0 Å². The molecule has 0 aromatic heterocycles. The highest BCUT2D eigenvalue weighted by Crippen LogP contribution is 2.24. The summed E-state index contributed by atoms with van der Waals surface area (Å²) >= 11 is 6.09. The van der Waals surface area contributed by atoms with Crippen LogP contribution in [-0.2, 0) is 6.42 Å². The summed E-state index contributed by atoms with van der Waals surface area (Å²) in [5, 5.41) is 3.87. The van der Waals surface area contributed by atoms with Crippen LogP contribution in [0.2, 0.25) is 5.02 Å². The normalized spacial score (nSPS) is 17.1. The van der Waals surface area contributed by atoms with Gasteiger partial charge in [-0.05, 0) is 63.3 Å². The number of hydrogen-bond acceptors (Lipinski definition) is 1. The lowest BCUT2D eigenvalue weighted by molar-refractivity contribution is 0.531. The van der Waals surface area contributed by atoms with Gasteiger partial charge in [-0.1, -0.05) is 29.3 Å². The Morgan fingerprint density at radius 1 is 1.32 bits per heavy atom. The average Bonchev–Trinajstić information content (AvgIpc) is 2.42. The van der Waals surface area contributed by atoms with Crippen LogP contribution in [0, 0.1) is 5.82 Å². The number of nitrogens with one attached hydrogen (secondary N) is 1. The van der Waals surface area contributed by atoms with E-state index in [1.165, 1.54) is 37.8 Å². The molecular weight excluding hydrogens is 261 g/mol. The standard InChI is InChI=1S/C16H21ClFN/c1-19-15(9-12-5-3-2-4-6-12)10-13-7-8-14(18)11-16(13)17/h5,7-8,11,15,19H,2-4,6,9-10H2,1H3. The Morgan fingerprint density at radius 2 is 2.16 bits per heavy atom. The van der Waals surface area contributed by atoms with Gasteiger partial charge in [0, 0.05) is 11.1 Å². The van der Waals surface area contributed by atoms with Gasteiger partial charge < -0.3 is 5.32 Å². The molecule has 0 saturated heterocycles. The van der Waals surface area contributed by atoms with Gasteiger partial charge in [0.05, 0.1) is 0 Å². The zero-order chi connectivity index (χ0) is 13.7. The first-order chi connectivity index (χ1) is 9.19. The molecule has 2 rings (SSSR count). The van der Waals surface area contributed by atoms with Gasteiger partial charge in [0.15, 0.2) is 0 Å². The van der Waals surface area contributed by atoms with Gasteiger partial charge in [-0.2, -0.15) is 0 Å². The van der Waals surface area contributed by atoms with Gasteiger partial charge in [0.25, 0.3) is 0 Å². The van der Waals surface area contributed by atoms with Crippen molar-refractivity contribution in [3.8, 4) is 0 Å². The molecule has 1 N–H and O–H groups in total. The fraction of sp³-hybridized carbons (Fsp3) is 0.500. The predicted octanol–water partition coefficient (Wildman–Crippen LogP) is 4.50. The van der Waals surface area contributed by atoms with Crippen LogP contribution in [0.1, 0.15) is 37.7 Å². The maximum atomic E-state index is 13.0. The van der Waals surface area contributed by atoms with Gasteiger partial charge in [0.2, 0.25) is 0 Å². The minimum Gasteiger partial charge on any atom is -0.316 e. The Hall–Kier alpha value is -0.860. The molecule has 0 fully saturated rings. The monoisotopic (exact) mass is 281 g/mol. The van der Waals surface area contributed by atoms with Crippen LogP contribution < -0.4 is 5.32 Å². The summed E-state index contributed by atoms with van der Waals surface area (Å²) < 4.78 is 13.0. The minimum absolute atomic E-state index is 0.273. The molecule has 1 aliphatic carbocycles. The number of hydrogen-bond donors (Lipinski definition) is 1. The van der Waals surface area contributed by atoms with Crippen molar-refractivity contribution in [1.29, 1.82) is 0 Å². The van der Waals surface area contributed by atoms with Gasteiger partial charge >= 0.3 is 0 Å². The molecule has 19 heavy (non-hydrogen) atoms. The van der Waals surface area contributed by atoms with Gasteiger partial charge in [0.1, 0.15) is 5.82 Å². The third kappa shape index (κ3) is 4.32. The lowest BCUT2D eigenvalue weighted by atomic mass is 9.92. The van der Waals surface area contributed by atoms with Gasteiger partial charge in [-0.25, -0.2) is 4.39 Å². The molecule has 0 saturated carbocycles. The van der Waals surface area contributed by atoms with E-state index in [1.807, 2.05) is 7.05 Å². The van der Waals surface area contributed by atoms with Crippen molar-refractivity contribution in [1.82, 2.24) is 5.32 Å². The van der Waals surface area contributed by atoms with Crippen LogP contribution in [0.3, 0.4) is 0 Å². The molecule has 1 nitrogen and oxygen atoms in total. The summed E-state index contributed by atoms with van der Waals surface area (Å²) in [6.07, 6.45) is 9.33. The van der Waals surface area contributed by atoms with Crippen molar-refractivity contribution in [2.75, 3.05) is 7.05 Å². The lowest BCUT2D eigenvalue weighted by Gasteiger charge is -2.21. The molecule has 1 aromatic rings. The van der Waals surface area contributed by atoms with E-state index in [9.17, 15) is 4.39 Å². The first-order valence-electron chi connectivity index (χ1n) is 6.98. The fourth-order valence-electron chi connectivity index (χ4n) is 2.64. The number of allylic oxidation sites excluding steroid dienone is 1. The predicted molar refractivity (Wildman–Crippen MR) is 79.1 cm³/mol. The zero-order valence-corrected chi connectivity index (χ0v) is 12.1.